The number of benzene rings is 1. The first kappa shape index (κ1) is 13.4. The van der Waals surface area contributed by atoms with Crippen molar-refractivity contribution in [1.29, 1.82) is 0 Å². The fraction of sp³-hybridized carbons (Fsp3) is 0.538. The Morgan fingerprint density at radius 2 is 1.88 bits per heavy atom. The fourth-order valence-corrected chi connectivity index (χ4v) is 3.66. The molecule has 1 fully saturated rings. The smallest absolute Gasteiger partial charge is 0.0504 e. The molecule has 3 N–H and O–H groups in total. The summed E-state index contributed by atoms with van der Waals surface area (Å²) >= 11 is 6.98. The van der Waals surface area contributed by atoms with E-state index < -0.39 is 0 Å². The zero-order chi connectivity index (χ0) is 12.3. The van der Waals surface area contributed by atoms with Crippen LogP contribution < -0.4 is 11.1 Å². The Bertz CT molecular complexity index is 387. The number of hydrogen-bond acceptors (Lipinski definition) is 2. The van der Waals surface area contributed by atoms with Crippen LogP contribution in [0.5, 0.6) is 0 Å². The second-order valence-electron chi connectivity index (χ2n) is 4.68. The highest BCUT2D eigenvalue weighted by molar-refractivity contribution is 9.11. The molecule has 2 rings (SSSR count). The highest BCUT2D eigenvalue weighted by Gasteiger charge is 2.13. The number of halogens is 2. The third-order valence-corrected chi connectivity index (χ3v) is 4.48. The Morgan fingerprint density at radius 1 is 1.18 bits per heavy atom. The largest absolute Gasteiger partial charge is 0.398 e. The minimum Gasteiger partial charge on any atom is -0.398 e. The Kier molecular flexibility index (Phi) is 4.88. The number of anilines is 1. The summed E-state index contributed by atoms with van der Waals surface area (Å²) in [6.07, 6.45) is 6.71. The summed E-state index contributed by atoms with van der Waals surface area (Å²) in [6.45, 7) is 0.856. The van der Waals surface area contributed by atoms with Gasteiger partial charge in [0.25, 0.3) is 0 Å². The van der Waals surface area contributed by atoms with Gasteiger partial charge in [0, 0.05) is 21.5 Å². The maximum absolute atomic E-state index is 6.06. The van der Waals surface area contributed by atoms with E-state index in [0.717, 1.165) is 26.7 Å². The van der Waals surface area contributed by atoms with Crippen LogP contribution in [0.4, 0.5) is 5.69 Å². The van der Waals surface area contributed by atoms with Gasteiger partial charge in [-0.05, 0) is 46.5 Å². The molecule has 0 aromatic heterocycles. The van der Waals surface area contributed by atoms with E-state index in [-0.39, 0.29) is 0 Å². The third kappa shape index (κ3) is 3.70. The summed E-state index contributed by atoms with van der Waals surface area (Å²) in [5, 5.41) is 3.61. The van der Waals surface area contributed by atoms with E-state index in [2.05, 4.69) is 43.2 Å². The van der Waals surface area contributed by atoms with Crippen molar-refractivity contribution in [1.82, 2.24) is 5.32 Å². The minimum absolute atomic E-state index is 0.668. The van der Waals surface area contributed by atoms with Crippen LogP contribution in [-0.2, 0) is 6.54 Å². The van der Waals surface area contributed by atoms with E-state index >= 15 is 0 Å². The van der Waals surface area contributed by atoms with Gasteiger partial charge in [0.2, 0.25) is 0 Å². The van der Waals surface area contributed by atoms with E-state index in [4.69, 9.17) is 5.73 Å². The quantitative estimate of drug-likeness (QED) is 0.791. The van der Waals surface area contributed by atoms with Crippen LogP contribution in [0.3, 0.4) is 0 Å². The first-order valence-electron chi connectivity index (χ1n) is 6.13. The van der Waals surface area contributed by atoms with Crippen molar-refractivity contribution in [3.63, 3.8) is 0 Å². The molecule has 0 bridgehead atoms. The molecule has 1 aromatic rings. The number of rotatable bonds is 3. The Hall–Kier alpha value is -0.0600. The molecule has 0 amide bonds. The first-order valence-corrected chi connectivity index (χ1v) is 7.72. The summed E-state index contributed by atoms with van der Waals surface area (Å²) in [5.41, 5.74) is 8.07. The van der Waals surface area contributed by atoms with E-state index in [1.807, 2.05) is 6.07 Å². The molecule has 1 aliphatic rings. The van der Waals surface area contributed by atoms with Gasteiger partial charge in [-0.2, -0.15) is 0 Å². The van der Waals surface area contributed by atoms with Gasteiger partial charge in [0.05, 0.1) is 5.69 Å². The Morgan fingerprint density at radius 3 is 2.59 bits per heavy atom. The molecule has 0 unspecified atom stereocenters. The monoisotopic (exact) mass is 360 g/mol. The van der Waals surface area contributed by atoms with Gasteiger partial charge in [0.15, 0.2) is 0 Å². The predicted octanol–water partition coefficient (Wildman–Crippen LogP) is 4.22. The van der Waals surface area contributed by atoms with E-state index in [9.17, 15) is 0 Å². The molecule has 1 saturated carbocycles. The van der Waals surface area contributed by atoms with E-state index in [0.29, 0.717) is 6.04 Å². The molecule has 0 saturated heterocycles. The molecule has 1 aliphatic carbocycles. The van der Waals surface area contributed by atoms with Gasteiger partial charge >= 0.3 is 0 Å². The van der Waals surface area contributed by atoms with Gasteiger partial charge < -0.3 is 11.1 Å². The summed E-state index contributed by atoms with van der Waals surface area (Å²) in [4.78, 5) is 0. The normalized spacial score (nSPS) is 17.3. The van der Waals surface area contributed by atoms with Crippen molar-refractivity contribution in [3.05, 3.63) is 26.6 Å². The molecular formula is C13H18Br2N2. The first-order chi connectivity index (χ1) is 8.16. The summed E-state index contributed by atoms with van der Waals surface area (Å²) in [5.74, 6) is 0. The van der Waals surface area contributed by atoms with Crippen LogP contribution in [0, 0.1) is 0 Å². The van der Waals surface area contributed by atoms with Crippen molar-refractivity contribution in [2.45, 2.75) is 44.7 Å². The van der Waals surface area contributed by atoms with Gasteiger partial charge in [-0.1, -0.05) is 35.2 Å². The molecular weight excluding hydrogens is 344 g/mol. The maximum Gasteiger partial charge on any atom is 0.0504 e. The molecule has 0 spiro atoms. The lowest BCUT2D eigenvalue weighted by molar-refractivity contribution is 0.372. The molecule has 94 valence electrons. The lowest BCUT2D eigenvalue weighted by atomic mass is 9.95. The van der Waals surface area contributed by atoms with Gasteiger partial charge in [-0.25, -0.2) is 0 Å². The lowest BCUT2D eigenvalue weighted by Crippen LogP contribution is -2.30. The van der Waals surface area contributed by atoms with Crippen LogP contribution in [0.25, 0.3) is 0 Å². The molecule has 2 nitrogen and oxygen atoms in total. The van der Waals surface area contributed by atoms with E-state index in [1.165, 1.54) is 32.1 Å². The maximum atomic E-state index is 6.06. The fourth-order valence-electron chi connectivity index (χ4n) is 2.35. The van der Waals surface area contributed by atoms with Crippen molar-refractivity contribution >= 4 is 37.5 Å². The van der Waals surface area contributed by atoms with Crippen molar-refractivity contribution in [2.24, 2.45) is 0 Å². The van der Waals surface area contributed by atoms with Crippen LogP contribution >= 0.6 is 31.9 Å². The molecule has 17 heavy (non-hydrogen) atoms. The predicted molar refractivity (Wildman–Crippen MR) is 80.0 cm³/mol. The molecule has 4 heteroatoms. The van der Waals surface area contributed by atoms with Crippen LogP contribution in [0.15, 0.2) is 21.1 Å². The highest BCUT2D eigenvalue weighted by Crippen LogP contribution is 2.28. The van der Waals surface area contributed by atoms with Crippen LogP contribution in [-0.4, -0.2) is 6.04 Å². The highest BCUT2D eigenvalue weighted by atomic mass is 79.9. The van der Waals surface area contributed by atoms with Crippen LogP contribution in [0.1, 0.15) is 37.7 Å². The summed E-state index contributed by atoms with van der Waals surface area (Å²) in [6, 6.07) is 4.75. The summed E-state index contributed by atoms with van der Waals surface area (Å²) < 4.78 is 2.03. The number of nitrogens with one attached hydrogen (secondary N) is 1. The summed E-state index contributed by atoms with van der Waals surface area (Å²) in [7, 11) is 0. The van der Waals surface area contributed by atoms with Gasteiger partial charge in [0.1, 0.15) is 0 Å². The Labute approximate surface area is 120 Å². The van der Waals surface area contributed by atoms with Crippen molar-refractivity contribution in [3.8, 4) is 0 Å². The second kappa shape index (κ2) is 6.21. The molecule has 0 heterocycles. The van der Waals surface area contributed by atoms with Crippen molar-refractivity contribution in [2.75, 3.05) is 5.73 Å². The third-order valence-electron chi connectivity index (χ3n) is 3.37. The SMILES string of the molecule is Nc1c(Br)cc(Br)cc1CNC1CCCCC1. The average Bonchev–Trinajstić information content (AvgIpc) is 2.33. The Balaban J connectivity index is 1.98. The molecule has 1 aromatic carbocycles. The van der Waals surface area contributed by atoms with Gasteiger partial charge in [-0.3, -0.25) is 0 Å². The zero-order valence-corrected chi connectivity index (χ0v) is 13.0. The minimum atomic E-state index is 0.668. The molecule has 0 atom stereocenters. The average molecular weight is 362 g/mol. The topological polar surface area (TPSA) is 38.0 Å². The zero-order valence-electron chi connectivity index (χ0n) is 9.81. The second-order valence-corrected chi connectivity index (χ2v) is 6.45. The number of nitrogens with two attached hydrogens (primary N) is 1. The van der Waals surface area contributed by atoms with Gasteiger partial charge in [-0.15, -0.1) is 0 Å². The standard InChI is InChI=1S/C13H18Br2N2/c14-10-6-9(13(16)12(15)7-10)8-17-11-4-2-1-3-5-11/h6-7,11,17H,1-5,8,16H2. The lowest BCUT2D eigenvalue weighted by Gasteiger charge is -2.23. The number of hydrogen-bond donors (Lipinski definition) is 2. The van der Waals surface area contributed by atoms with Crippen LogP contribution in [0.2, 0.25) is 0 Å². The molecule has 0 aliphatic heterocycles. The van der Waals surface area contributed by atoms with Crippen molar-refractivity contribution < 1.29 is 0 Å². The number of nitrogen functional groups attached to an aromatic ring is 1. The van der Waals surface area contributed by atoms with E-state index in [1.54, 1.807) is 0 Å². The molecule has 0 radical (unpaired) electrons.